The van der Waals surface area contributed by atoms with E-state index in [4.69, 9.17) is 19.4 Å². The molecule has 1 aliphatic carbocycles. The molecular weight excluding hydrogens is 917 g/mol. The lowest BCUT2D eigenvalue weighted by Gasteiger charge is -2.17. The number of rotatable bonds is 10. The van der Waals surface area contributed by atoms with Gasteiger partial charge in [0.2, 0.25) is 0 Å². The van der Waals surface area contributed by atoms with Gasteiger partial charge in [0.05, 0.1) is 41.6 Å². The molecule has 8 bridgehead atoms. The van der Waals surface area contributed by atoms with E-state index < -0.39 is 5.97 Å². The number of hydrogen-bond acceptors (Lipinski definition) is 7. The number of esters is 1. The zero-order valence-electron chi connectivity index (χ0n) is 41.0. The molecule has 0 radical (unpaired) electrons. The Hall–Kier alpha value is -9.47. The minimum Gasteiger partial charge on any atom is -0.493 e. The van der Waals surface area contributed by atoms with Crippen LogP contribution in [-0.4, -0.2) is 50.7 Å². The third kappa shape index (κ3) is 8.54. The summed E-state index contributed by atoms with van der Waals surface area (Å²) in [6.45, 7) is 6.69. The first-order valence-corrected chi connectivity index (χ1v) is 24.7. The zero-order chi connectivity index (χ0) is 50.5. The Balaban J connectivity index is 0.901. The van der Waals surface area contributed by atoms with Gasteiger partial charge in [-0.1, -0.05) is 126 Å². The molecule has 3 aliphatic rings. The average molecular weight is 965 g/mol. The summed E-state index contributed by atoms with van der Waals surface area (Å²) < 4.78 is 11.8. The molecule has 0 amide bonds. The minimum atomic E-state index is -0.578. The van der Waals surface area contributed by atoms with Crippen LogP contribution in [0.25, 0.3) is 90.9 Å². The van der Waals surface area contributed by atoms with Gasteiger partial charge in [-0.25, -0.2) is 14.8 Å². The molecule has 2 aliphatic heterocycles. The van der Waals surface area contributed by atoms with Gasteiger partial charge in [0, 0.05) is 73.0 Å². The molecule has 0 spiro atoms. The summed E-state index contributed by atoms with van der Waals surface area (Å²) in [5.41, 5.74) is 19.9. The Morgan fingerprint density at radius 2 is 0.811 bits per heavy atom. The maximum Gasteiger partial charge on any atom is 0.338 e. The van der Waals surface area contributed by atoms with E-state index in [1.807, 2.05) is 24.3 Å². The smallest absolute Gasteiger partial charge is 0.338 e. The van der Waals surface area contributed by atoms with E-state index in [1.54, 1.807) is 24.3 Å². The second-order valence-corrected chi connectivity index (χ2v) is 18.9. The number of ether oxygens (including phenoxy) is 2. The highest BCUT2D eigenvalue weighted by molar-refractivity contribution is 6.28. The van der Waals surface area contributed by atoms with Crippen LogP contribution in [0.1, 0.15) is 88.1 Å². The Bertz CT molecular complexity index is 3950. The fourth-order valence-electron chi connectivity index (χ4n) is 10.0. The third-order valence-electron chi connectivity index (χ3n) is 13.9. The first-order chi connectivity index (χ1) is 36.1. The summed E-state index contributed by atoms with van der Waals surface area (Å²) in [7, 11) is 0. The van der Waals surface area contributed by atoms with Crippen molar-refractivity contribution in [2.75, 3.05) is 13.2 Å². The van der Waals surface area contributed by atoms with Gasteiger partial charge in [0.15, 0.2) is 11.6 Å². The number of aromatic amines is 2. The number of nitrogens with one attached hydrogen (secondary N) is 2. The van der Waals surface area contributed by atoms with Gasteiger partial charge >= 0.3 is 5.97 Å². The Labute approximate surface area is 427 Å². The van der Waals surface area contributed by atoms with Gasteiger partial charge in [-0.05, 0) is 122 Å². The molecule has 9 nitrogen and oxygen atoms in total. The summed E-state index contributed by atoms with van der Waals surface area (Å²) in [4.78, 5) is 58.0. The first kappa shape index (κ1) is 45.7. The van der Waals surface area contributed by atoms with Crippen molar-refractivity contribution >= 4 is 63.9 Å². The van der Waals surface area contributed by atoms with Crippen LogP contribution in [0, 0.1) is 20.8 Å². The maximum absolute atomic E-state index is 13.2. The second kappa shape index (κ2) is 18.9. The predicted molar refractivity (Wildman–Crippen MR) is 295 cm³/mol. The lowest BCUT2D eigenvalue weighted by Crippen LogP contribution is -2.21. The molecule has 6 aromatic carbocycles. The number of ketones is 2. The van der Waals surface area contributed by atoms with Crippen molar-refractivity contribution < 1.29 is 23.9 Å². The lowest BCUT2D eigenvalue weighted by atomic mass is 9.83. The standard InChI is InChI=1S/C65H48N4O5/c1-38-9-15-41(16-10-38)59-51-27-29-53(66-51)60(42-17-11-39(2)12-18-42)55-31-33-57(68-55)62(58-34-32-56(69-58)61(54-30-28-52(59)67-54)43-19-13-40(3)14-20-43)44-21-24-46(25-22-44)73-35-6-36-74-65(72)45-23-26-49-50(37-45)64(71)48-8-5-4-7-47(48)63(49)70/h4-5,7-34,37,66,69H,6,35-36H2,1-3H3. The summed E-state index contributed by atoms with van der Waals surface area (Å²) in [6, 6.07) is 53.5. The predicted octanol–water partition coefficient (Wildman–Crippen LogP) is 14.7. The third-order valence-corrected chi connectivity index (χ3v) is 13.9. The summed E-state index contributed by atoms with van der Waals surface area (Å²) in [5, 5.41) is 0. The molecule has 0 unspecified atom stereocenters. The van der Waals surface area contributed by atoms with Crippen LogP contribution in [0.5, 0.6) is 5.75 Å². The molecule has 5 heterocycles. The molecule has 0 atom stereocenters. The van der Waals surface area contributed by atoms with Crippen LogP contribution < -0.4 is 4.74 Å². The number of aromatic nitrogens is 4. The van der Waals surface area contributed by atoms with Crippen molar-refractivity contribution in [3.63, 3.8) is 0 Å². The summed E-state index contributed by atoms with van der Waals surface area (Å²) >= 11 is 0. The van der Waals surface area contributed by atoms with Gasteiger partial charge in [0.25, 0.3) is 0 Å². The van der Waals surface area contributed by atoms with Crippen molar-refractivity contribution in [3.8, 4) is 50.3 Å². The Morgan fingerprint density at radius 1 is 0.432 bits per heavy atom. The normalized spacial score (nSPS) is 12.4. The number of nitrogens with zero attached hydrogens (tertiary/aromatic N) is 2. The van der Waals surface area contributed by atoms with E-state index in [0.717, 1.165) is 89.4 Å². The van der Waals surface area contributed by atoms with E-state index in [-0.39, 0.29) is 34.9 Å². The fraction of sp³-hybridized carbons (Fsp3) is 0.0923. The number of fused-ring (bicyclic) bond motifs is 10. The zero-order valence-corrected chi connectivity index (χ0v) is 41.0. The van der Waals surface area contributed by atoms with E-state index in [1.165, 1.54) is 34.9 Å². The summed E-state index contributed by atoms with van der Waals surface area (Å²) in [6.07, 6.45) is 8.85. The number of carbonyl (C=O) groups is 3. The van der Waals surface area contributed by atoms with Crippen LogP contribution >= 0.6 is 0 Å². The molecule has 12 rings (SSSR count). The van der Waals surface area contributed by atoms with Crippen LogP contribution in [-0.2, 0) is 4.74 Å². The maximum atomic E-state index is 13.2. The molecular formula is C65H48N4O5. The molecule has 0 saturated heterocycles. The second-order valence-electron chi connectivity index (χ2n) is 18.9. The monoisotopic (exact) mass is 964 g/mol. The van der Waals surface area contributed by atoms with Gasteiger partial charge < -0.3 is 19.4 Å². The van der Waals surface area contributed by atoms with Crippen molar-refractivity contribution in [3.05, 3.63) is 231 Å². The minimum absolute atomic E-state index is 0.0997. The molecule has 9 aromatic rings. The van der Waals surface area contributed by atoms with Gasteiger partial charge in [0.1, 0.15) is 5.75 Å². The average Bonchev–Trinajstić information content (AvgIpc) is 4.29. The quantitative estimate of drug-likeness (QED) is 0.103. The van der Waals surface area contributed by atoms with E-state index in [9.17, 15) is 14.4 Å². The van der Waals surface area contributed by atoms with Crippen LogP contribution in [0.4, 0.5) is 0 Å². The molecule has 0 fully saturated rings. The molecule has 0 saturated carbocycles. The molecule has 9 heteroatoms. The largest absolute Gasteiger partial charge is 0.493 e. The Morgan fingerprint density at radius 3 is 1.23 bits per heavy atom. The number of aryl methyl sites for hydroxylation is 3. The lowest BCUT2D eigenvalue weighted by molar-refractivity contribution is 0.0485. The fourth-order valence-corrected chi connectivity index (χ4v) is 10.0. The molecule has 3 aromatic heterocycles. The topological polar surface area (TPSA) is 127 Å². The highest BCUT2D eigenvalue weighted by atomic mass is 16.5. The molecule has 74 heavy (non-hydrogen) atoms. The van der Waals surface area contributed by atoms with E-state index in [2.05, 4.69) is 152 Å². The van der Waals surface area contributed by atoms with Crippen molar-refractivity contribution in [2.24, 2.45) is 0 Å². The number of hydrogen-bond donors (Lipinski definition) is 2. The highest BCUT2D eigenvalue weighted by Gasteiger charge is 2.30. The van der Waals surface area contributed by atoms with Gasteiger partial charge in [-0.3, -0.25) is 9.59 Å². The molecule has 2 N–H and O–H groups in total. The van der Waals surface area contributed by atoms with Gasteiger partial charge in [-0.2, -0.15) is 0 Å². The van der Waals surface area contributed by atoms with Crippen LogP contribution in [0.3, 0.4) is 0 Å². The first-order valence-electron chi connectivity index (χ1n) is 24.7. The number of benzene rings is 6. The SMILES string of the molecule is Cc1ccc(-c2c3nc(c(-c4ccc(C)cc4)c4ccc([nH]4)c(-c4ccc(OCCCOC(=O)c5ccc6c(c5)C(=O)c5ccccc5C6=O)cc4)c4nc(c(-c5ccc(C)cc5)c5ccc2[nH]5)C=C4)C=C3)cc1. The number of carbonyl (C=O) groups excluding carboxylic acids is 3. The highest BCUT2D eigenvalue weighted by Crippen LogP contribution is 2.39. The Kier molecular flexibility index (Phi) is 11.7. The van der Waals surface area contributed by atoms with Crippen LogP contribution in [0.15, 0.2) is 164 Å². The number of H-pyrrole nitrogens is 2. The van der Waals surface area contributed by atoms with Crippen molar-refractivity contribution in [1.29, 1.82) is 0 Å². The summed E-state index contributed by atoms with van der Waals surface area (Å²) in [5.74, 6) is -0.452. The van der Waals surface area contributed by atoms with Crippen molar-refractivity contribution in [2.45, 2.75) is 27.2 Å². The van der Waals surface area contributed by atoms with Crippen molar-refractivity contribution in [1.82, 2.24) is 19.9 Å². The van der Waals surface area contributed by atoms with Gasteiger partial charge in [-0.15, -0.1) is 0 Å². The van der Waals surface area contributed by atoms with E-state index in [0.29, 0.717) is 29.9 Å². The van der Waals surface area contributed by atoms with Crippen LogP contribution in [0.2, 0.25) is 0 Å². The molecule has 358 valence electrons. The van der Waals surface area contributed by atoms with E-state index >= 15 is 0 Å².